The normalized spacial score (nSPS) is 10.3. The lowest BCUT2D eigenvalue weighted by atomic mass is 10.1. The van der Waals surface area contributed by atoms with Crippen LogP contribution in [0.15, 0.2) is 48.5 Å². The Kier molecular flexibility index (Phi) is 9.03. The minimum Gasteiger partial charge on any atom is -0.495 e. The molecule has 0 unspecified atom stereocenters. The summed E-state index contributed by atoms with van der Waals surface area (Å²) in [5, 5.41) is 5.64. The molecule has 0 aliphatic carbocycles. The van der Waals surface area contributed by atoms with Crippen LogP contribution in [-0.4, -0.2) is 37.0 Å². The van der Waals surface area contributed by atoms with Gasteiger partial charge >= 0.3 is 0 Å². The van der Waals surface area contributed by atoms with Crippen molar-refractivity contribution in [2.45, 2.75) is 6.42 Å². The van der Waals surface area contributed by atoms with Crippen LogP contribution in [0, 0.1) is 0 Å². The smallest absolute Gasteiger partial charge is 0.255 e. The Labute approximate surface area is 167 Å². The van der Waals surface area contributed by atoms with E-state index < -0.39 is 0 Å². The SMILES string of the molecule is COc1ccc(C(=O)Nc2ccccc2)cc1NC(=O)CCSSCCN. The van der Waals surface area contributed by atoms with E-state index in [0.717, 1.165) is 5.75 Å². The average Bonchev–Trinajstić information content (AvgIpc) is 2.68. The first-order chi connectivity index (χ1) is 13.1. The zero-order chi connectivity index (χ0) is 19.5. The fraction of sp³-hybridized carbons (Fsp3) is 0.263. The van der Waals surface area contributed by atoms with Crippen LogP contribution in [0.3, 0.4) is 0 Å². The van der Waals surface area contributed by atoms with Crippen molar-refractivity contribution >= 4 is 44.8 Å². The molecule has 8 heteroatoms. The number of nitrogens with two attached hydrogens (primary N) is 1. The minimum atomic E-state index is -0.256. The van der Waals surface area contributed by atoms with Crippen LogP contribution in [0.1, 0.15) is 16.8 Å². The van der Waals surface area contributed by atoms with Gasteiger partial charge in [-0.05, 0) is 30.3 Å². The Hall–Kier alpha value is -2.16. The van der Waals surface area contributed by atoms with E-state index in [1.807, 2.05) is 30.3 Å². The van der Waals surface area contributed by atoms with Crippen molar-refractivity contribution in [3.63, 3.8) is 0 Å². The van der Waals surface area contributed by atoms with E-state index in [1.165, 1.54) is 7.11 Å². The molecule has 0 saturated heterocycles. The van der Waals surface area contributed by atoms with Crippen LogP contribution in [0.4, 0.5) is 11.4 Å². The second-order valence-electron chi connectivity index (χ2n) is 5.47. The van der Waals surface area contributed by atoms with Gasteiger partial charge in [-0.25, -0.2) is 0 Å². The molecule has 2 aromatic carbocycles. The molecule has 0 fully saturated rings. The van der Waals surface area contributed by atoms with E-state index in [9.17, 15) is 9.59 Å². The number of ether oxygens (including phenoxy) is 1. The van der Waals surface area contributed by atoms with E-state index in [-0.39, 0.29) is 11.8 Å². The summed E-state index contributed by atoms with van der Waals surface area (Å²) in [5.74, 6) is 1.67. The summed E-state index contributed by atoms with van der Waals surface area (Å²) in [6.07, 6.45) is 0.367. The fourth-order valence-electron chi connectivity index (χ4n) is 2.18. The molecule has 2 amide bonds. The molecule has 2 rings (SSSR count). The molecule has 0 heterocycles. The van der Waals surface area contributed by atoms with Gasteiger partial charge in [0.15, 0.2) is 0 Å². The highest BCUT2D eigenvalue weighted by Gasteiger charge is 2.13. The fourth-order valence-corrected chi connectivity index (χ4v) is 4.03. The van der Waals surface area contributed by atoms with Crippen molar-refractivity contribution in [2.24, 2.45) is 5.73 Å². The van der Waals surface area contributed by atoms with E-state index in [1.54, 1.807) is 39.8 Å². The maximum absolute atomic E-state index is 12.4. The number of nitrogens with one attached hydrogen (secondary N) is 2. The van der Waals surface area contributed by atoms with E-state index in [0.29, 0.717) is 41.4 Å². The van der Waals surface area contributed by atoms with Gasteiger partial charge in [0.1, 0.15) is 5.75 Å². The summed E-state index contributed by atoms with van der Waals surface area (Å²) in [5.41, 5.74) is 7.04. The van der Waals surface area contributed by atoms with Crippen molar-refractivity contribution in [3.05, 3.63) is 54.1 Å². The lowest BCUT2D eigenvalue weighted by molar-refractivity contribution is -0.115. The number of amides is 2. The summed E-state index contributed by atoms with van der Waals surface area (Å²) in [7, 11) is 4.79. The zero-order valence-corrected chi connectivity index (χ0v) is 16.7. The number of methoxy groups -OCH3 is 1. The average molecular weight is 406 g/mol. The maximum Gasteiger partial charge on any atom is 0.255 e. The Bertz CT molecular complexity index is 757. The Morgan fingerprint density at radius 1 is 1.04 bits per heavy atom. The molecule has 0 bridgehead atoms. The van der Waals surface area contributed by atoms with Crippen LogP contribution in [0.2, 0.25) is 0 Å². The summed E-state index contributed by atoms with van der Waals surface area (Å²) in [6.45, 7) is 0.624. The minimum absolute atomic E-state index is 0.130. The number of benzene rings is 2. The maximum atomic E-state index is 12.4. The molecule has 144 valence electrons. The van der Waals surface area contributed by atoms with Gasteiger partial charge in [0, 0.05) is 35.7 Å². The van der Waals surface area contributed by atoms with E-state index >= 15 is 0 Å². The van der Waals surface area contributed by atoms with Crippen LogP contribution < -0.4 is 21.1 Å². The predicted molar refractivity (Wildman–Crippen MR) is 115 cm³/mol. The lowest BCUT2D eigenvalue weighted by Gasteiger charge is -2.12. The van der Waals surface area contributed by atoms with Crippen LogP contribution in [0.5, 0.6) is 5.75 Å². The third-order valence-electron chi connectivity index (χ3n) is 3.46. The predicted octanol–water partition coefficient (Wildman–Crippen LogP) is 3.62. The van der Waals surface area contributed by atoms with E-state index in [2.05, 4.69) is 10.6 Å². The Morgan fingerprint density at radius 3 is 2.48 bits per heavy atom. The quantitative estimate of drug-likeness (QED) is 0.413. The molecule has 0 aliphatic rings. The third-order valence-corrected chi connectivity index (χ3v) is 5.90. The van der Waals surface area contributed by atoms with Crippen LogP contribution in [0.25, 0.3) is 0 Å². The molecule has 0 aliphatic heterocycles. The molecule has 0 radical (unpaired) electrons. The molecule has 4 N–H and O–H groups in total. The van der Waals surface area contributed by atoms with Crippen molar-refractivity contribution in [2.75, 3.05) is 35.8 Å². The van der Waals surface area contributed by atoms with Gasteiger partial charge in [0.25, 0.3) is 5.91 Å². The summed E-state index contributed by atoms with van der Waals surface area (Å²) >= 11 is 0. The topological polar surface area (TPSA) is 93.5 Å². The molecule has 0 saturated carbocycles. The van der Waals surface area contributed by atoms with Crippen molar-refractivity contribution < 1.29 is 14.3 Å². The lowest BCUT2D eigenvalue weighted by Crippen LogP contribution is -2.15. The van der Waals surface area contributed by atoms with Crippen molar-refractivity contribution in [1.82, 2.24) is 0 Å². The number of hydrogen-bond donors (Lipinski definition) is 3. The largest absolute Gasteiger partial charge is 0.495 e. The van der Waals surface area contributed by atoms with Gasteiger partial charge in [0.05, 0.1) is 12.8 Å². The van der Waals surface area contributed by atoms with Gasteiger partial charge in [0.2, 0.25) is 5.91 Å². The molecule has 27 heavy (non-hydrogen) atoms. The first kappa shape index (κ1) is 21.1. The monoisotopic (exact) mass is 405 g/mol. The van der Waals surface area contributed by atoms with Gasteiger partial charge in [-0.15, -0.1) is 0 Å². The van der Waals surface area contributed by atoms with Crippen LogP contribution in [-0.2, 0) is 4.79 Å². The first-order valence-electron chi connectivity index (χ1n) is 8.43. The molecular formula is C19H23N3O3S2. The van der Waals surface area contributed by atoms with Gasteiger partial charge in [-0.1, -0.05) is 39.8 Å². The molecule has 2 aromatic rings. The van der Waals surface area contributed by atoms with Gasteiger partial charge < -0.3 is 21.1 Å². The number of hydrogen-bond acceptors (Lipinski definition) is 6. The highest BCUT2D eigenvalue weighted by molar-refractivity contribution is 8.76. The van der Waals surface area contributed by atoms with E-state index in [4.69, 9.17) is 10.5 Å². The number of anilines is 2. The number of rotatable bonds is 10. The van der Waals surface area contributed by atoms with Gasteiger partial charge in [-0.3, -0.25) is 9.59 Å². The number of para-hydroxylation sites is 1. The summed E-state index contributed by atoms with van der Waals surface area (Å²) in [6, 6.07) is 14.1. The molecule has 0 aromatic heterocycles. The second-order valence-corrected chi connectivity index (χ2v) is 8.17. The molecule has 6 nitrogen and oxygen atoms in total. The molecule has 0 spiro atoms. The first-order valence-corrected chi connectivity index (χ1v) is 10.9. The van der Waals surface area contributed by atoms with Crippen LogP contribution >= 0.6 is 21.6 Å². The Balaban J connectivity index is 1.99. The number of carbonyl (C=O) groups excluding carboxylic acids is 2. The zero-order valence-electron chi connectivity index (χ0n) is 15.1. The third kappa shape index (κ3) is 7.16. The highest BCUT2D eigenvalue weighted by Crippen LogP contribution is 2.27. The van der Waals surface area contributed by atoms with Crippen molar-refractivity contribution in [3.8, 4) is 5.75 Å². The summed E-state index contributed by atoms with van der Waals surface area (Å²) in [4.78, 5) is 24.6. The summed E-state index contributed by atoms with van der Waals surface area (Å²) < 4.78 is 5.29. The highest BCUT2D eigenvalue weighted by atomic mass is 33.1. The Morgan fingerprint density at radius 2 is 1.78 bits per heavy atom. The van der Waals surface area contributed by atoms with Crippen molar-refractivity contribution in [1.29, 1.82) is 0 Å². The molecule has 0 atom stereocenters. The molecular weight excluding hydrogens is 382 g/mol. The number of carbonyl (C=O) groups is 2. The second kappa shape index (κ2) is 11.5. The van der Waals surface area contributed by atoms with Gasteiger partial charge in [-0.2, -0.15) is 0 Å². The standard InChI is InChI=1S/C19H23N3O3S2/c1-25-17-8-7-14(19(24)21-15-5-3-2-4-6-15)13-16(17)22-18(23)9-11-26-27-12-10-20/h2-8,13H,9-12,20H2,1H3,(H,21,24)(H,22,23).